The van der Waals surface area contributed by atoms with Crippen LogP contribution in [-0.2, 0) is 16.6 Å². The van der Waals surface area contributed by atoms with Crippen molar-refractivity contribution in [2.45, 2.75) is 18.4 Å². The van der Waals surface area contributed by atoms with Crippen molar-refractivity contribution >= 4 is 38.8 Å². The lowest BCUT2D eigenvalue weighted by Crippen LogP contribution is -2.23. The zero-order chi connectivity index (χ0) is 14.8. The maximum atomic E-state index is 12.1. The van der Waals surface area contributed by atoms with Crippen molar-refractivity contribution in [1.82, 2.24) is 14.7 Å². The van der Waals surface area contributed by atoms with Gasteiger partial charge in [0.2, 0.25) is 10.0 Å². The second kappa shape index (κ2) is 6.04. The Morgan fingerprint density at radius 2 is 2.15 bits per heavy atom. The SMILES string of the molecule is CNc1ncc(S(=O)(=O)NCc2scnc2C)cc1Cl. The van der Waals surface area contributed by atoms with E-state index in [1.165, 1.54) is 23.6 Å². The standard InChI is InChI=1S/C11H13ClN4O2S2/c1-7-10(19-6-15-7)5-16-20(17,18)8-3-9(12)11(13-2)14-4-8/h3-4,6,16H,5H2,1-2H3,(H,13,14). The lowest BCUT2D eigenvalue weighted by molar-refractivity contribution is 0.581. The topological polar surface area (TPSA) is 84.0 Å². The summed E-state index contributed by atoms with van der Waals surface area (Å²) < 4.78 is 26.8. The van der Waals surface area contributed by atoms with Gasteiger partial charge >= 0.3 is 0 Å². The summed E-state index contributed by atoms with van der Waals surface area (Å²) in [4.78, 5) is 8.93. The molecule has 20 heavy (non-hydrogen) atoms. The Bertz CT molecular complexity index is 715. The van der Waals surface area contributed by atoms with Gasteiger partial charge in [-0.2, -0.15) is 0 Å². The van der Waals surface area contributed by atoms with Crippen LogP contribution < -0.4 is 10.0 Å². The van der Waals surface area contributed by atoms with Crippen LogP contribution in [0.2, 0.25) is 5.02 Å². The van der Waals surface area contributed by atoms with Gasteiger partial charge in [-0.05, 0) is 13.0 Å². The van der Waals surface area contributed by atoms with Gasteiger partial charge in [0.1, 0.15) is 10.7 Å². The number of sulfonamides is 1. The molecule has 0 radical (unpaired) electrons. The smallest absolute Gasteiger partial charge is 0.242 e. The molecule has 2 heterocycles. The van der Waals surface area contributed by atoms with Gasteiger partial charge in [0.25, 0.3) is 0 Å². The Labute approximate surface area is 126 Å². The van der Waals surface area contributed by atoms with E-state index in [1.54, 1.807) is 12.6 Å². The monoisotopic (exact) mass is 332 g/mol. The second-order valence-corrected chi connectivity index (χ2v) is 7.05. The normalized spacial score (nSPS) is 11.6. The molecule has 2 rings (SSSR count). The summed E-state index contributed by atoms with van der Waals surface area (Å²) >= 11 is 7.34. The van der Waals surface area contributed by atoms with E-state index in [0.717, 1.165) is 10.6 Å². The van der Waals surface area contributed by atoms with Crippen LogP contribution in [-0.4, -0.2) is 25.4 Å². The molecule has 2 N–H and O–H groups in total. The Balaban J connectivity index is 2.18. The summed E-state index contributed by atoms with van der Waals surface area (Å²) in [6.07, 6.45) is 1.26. The fourth-order valence-corrected chi connectivity index (χ4v) is 3.59. The number of hydrogen-bond donors (Lipinski definition) is 2. The van der Waals surface area contributed by atoms with E-state index in [2.05, 4.69) is 20.0 Å². The molecule has 2 aromatic rings. The van der Waals surface area contributed by atoms with E-state index in [-0.39, 0.29) is 16.5 Å². The largest absolute Gasteiger partial charge is 0.372 e. The third kappa shape index (κ3) is 3.26. The molecule has 0 saturated heterocycles. The molecule has 0 saturated carbocycles. The van der Waals surface area contributed by atoms with E-state index < -0.39 is 10.0 Å². The molecule has 0 aliphatic carbocycles. The Morgan fingerprint density at radius 1 is 1.40 bits per heavy atom. The van der Waals surface area contributed by atoms with Crippen molar-refractivity contribution in [2.75, 3.05) is 12.4 Å². The van der Waals surface area contributed by atoms with Crippen molar-refractivity contribution in [2.24, 2.45) is 0 Å². The van der Waals surface area contributed by atoms with E-state index >= 15 is 0 Å². The van der Waals surface area contributed by atoms with Crippen LogP contribution in [0.1, 0.15) is 10.6 Å². The first kappa shape index (κ1) is 15.2. The highest BCUT2D eigenvalue weighted by Crippen LogP contribution is 2.22. The summed E-state index contributed by atoms with van der Waals surface area (Å²) in [6, 6.07) is 1.36. The zero-order valence-electron chi connectivity index (χ0n) is 10.8. The number of pyridine rings is 1. The van der Waals surface area contributed by atoms with Crippen molar-refractivity contribution < 1.29 is 8.42 Å². The molecule has 9 heteroatoms. The molecule has 0 bridgehead atoms. The molecule has 6 nitrogen and oxygen atoms in total. The number of hydrogen-bond acceptors (Lipinski definition) is 6. The molecule has 0 spiro atoms. The quantitative estimate of drug-likeness (QED) is 0.875. The summed E-state index contributed by atoms with van der Waals surface area (Å²) in [5, 5.41) is 3.02. The number of thiazole rings is 1. The van der Waals surface area contributed by atoms with Crippen molar-refractivity contribution in [3.63, 3.8) is 0 Å². The Morgan fingerprint density at radius 3 is 2.70 bits per heavy atom. The summed E-state index contributed by atoms with van der Waals surface area (Å²) in [5.74, 6) is 0.434. The molecule has 0 aromatic carbocycles. The van der Waals surface area contributed by atoms with Gasteiger partial charge in [-0.15, -0.1) is 11.3 Å². The average Bonchev–Trinajstić information content (AvgIpc) is 2.82. The minimum absolute atomic E-state index is 0.0312. The van der Waals surface area contributed by atoms with Crippen LogP contribution in [0, 0.1) is 6.92 Å². The fourth-order valence-electron chi connectivity index (χ4n) is 1.49. The van der Waals surface area contributed by atoms with Crippen LogP contribution >= 0.6 is 22.9 Å². The van der Waals surface area contributed by atoms with Gasteiger partial charge in [-0.1, -0.05) is 11.6 Å². The molecular formula is C11H13ClN4O2S2. The molecule has 0 fully saturated rings. The van der Waals surface area contributed by atoms with Crippen molar-refractivity contribution in [3.05, 3.63) is 33.4 Å². The lowest BCUT2D eigenvalue weighted by Gasteiger charge is -2.08. The summed E-state index contributed by atoms with van der Waals surface area (Å²) in [5.41, 5.74) is 2.50. The summed E-state index contributed by atoms with van der Waals surface area (Å²) in [6.45, 7) is 2.03. The van der Waals surface area contributed by atoms with Crippen LogP contribution in [0.3, 0.4) is 0 Å². The van der Waals surface area contributed by atoms with Gasteiger partial charge in [0.05, 0.1) is 16.2 Å². The van der Waals surface area contributed by atoms with Crippen molar-refractivity contribution in [3.8, 4) is 0 Å². The first-order valence-corrected chi connectivity index (χ1v) is 8.40. The van der Waals surface area contributed by atoms with E-state index in [4.69, 9.17) is 11.6 Å². The van der Waals surface area contributed by atoms with Crippen LogP contribution in [0.25, 0.3) is 0 Å². The Hall–Kier alpha value is -1.22. The van der Waals surface area contributed by atoms with Gasteiger partial charge < -0.3 is 5.32 Å². The Kier molecular flexibility index (Phi) is 4.59. The minimum atomic E-state index is -3.65. The number of nitrogens with one attached hydrogen (secondary N) is 2. The number of aryl methyl sites for hydroxylation is 1. The van der Waals surface area contributed by atoms with Crippen molar-refractivity contribution in [1.29, 1.82) is 0 Å². The van der Waals surface area contributed by atoms with Crippen LogP contribution in [0.5, 0.6) is 0 Å². The maximum Gasteiger partial charge on any atom is 0.242 e. The molecule has 0 amide bonds. The number of halogens is 1. The number of nitrogens with zero attached hydrogens (tertiary/aromatic N) is 2. The first-order valence-electron chi connectivity index (χ1n) is 5.66. The molecule has 108 valence electrons. The predicted molar refractivity (Wildman–Crippen MR) is 79.7 cm³/mol. The molecule has 0 atom stereocenters. The third-order valence-electron chi connectivity index (χ3n) is 2.63. The molecule has 0 unspecified atom stereocenters. The highest BCUT2D eigenvalue weighted by atomic mass is 35.5. The molecular weight excluding hydrogens is 320 g/mol. The second-order valence-electron chi connectivity index (χ2n) is 3.94. The molecule has 0 aliphatic rings. The van der Waals surface area contributed by atoms with Gasteiger partial charge in [-0.3, -0.25) is 0 Å². The number of rotatable bonds is 5. The fraction of sp³-hybridized carbons (Fsp3) is 0.273. The lowest BCUT2D eigenvalue weighted by atomic mass is 10.4. The van der Waals surface area contributed by atoms with E-state index in [1.807, 2.05) is 6.92 Å². The minimum Gasteiger partial charge on any atom is -0.372 e. The van der Waals surface area contributed by atoms with E-state index in [0.29, 0.717) is 5.82 Å². The van der Waals surface area contributed by atoms with Gasteiger partial charge in [-0.25, -0.2) is 23.1 Å². The average molecular weight is 333 g/mol. The van der Waals surface area contributed by atoms with Crippen LogP contribution in [0.15, 0.2) is 22.7 Å². The summed E-state index contributed by atoms with van der Waals surface area (Å²) in [7, 11) is -1.99. The van der Waals surface area contributed by atoms with Gasteiger partial charge in [0.15, 0.2) is 0 Å². The highest BCUT2D eigenvalue weighted by molar-refractivity contribution is 7.89. The number of aromatic nitrogens is 2. The molecule has 0 aliphatic heterocycles. The third-order valence-corrected chi connectivity index (χ3v) is 5.22. The maximum absolute atomic E-state index is 12.1. The zero-order valence-corrected chi connectivity index (χ0v) is 13.2. The highest BCUT2D eigenvalue weighted by Gasteiger charge is 2.17. The van der Waals surface area contributed by atoms with Gasteiger partial charge in [0, 0.05) is 24.7 Å². The van der Waals surface area contributed by atoms with Crippen LogP contribution in [0.4, 0.5) is 5.82 Å². The molecule has 2 aromatic heterocycles. The predicted octanol–water partition coefficient (Wildman–Crippen LogP) is 2.02. The van der Waals surface area contributed by atoms with E-state index in [9.17, 15) is 8.42 Å². The number of anilines is 1. The first-order chi connectivity index (χ1) is 9.44.